The van der Waals surface area contributed by atoms with Crippen molar-refractivity contribution in [3.63, 3.8) is 0 Å². The molecule has 1 nitrogen and oxygen atoms in total. The van der Waals surface area contributed by atoms with Crippen LogP contribution >= 0.6 is 0 Å². The maximum absolute atomic E-state index is 7.10. The topological polar surface area (TPSA) is 26.0 Å². The summed E-state index contributed by atoms with van der Waals surface area (Å²) in [5.41, 5.74) is 8.11. The molecule has 0 saturated heterocycles. The molecule has 8 aliphatic rings. The van der Waals surface area contributed by atoms with E-state index in [2.05, 4.69) is 46.5 Å². The quantitative estimate of drug-likeness (QED) is 0.681. The third-order valence-electron chi connectivity index (χ3n) is 10.6. The van der Waals surface area contributed by atoms with Crippen LogP contribution in [0.15, 0.2) is 0 Å². The zero-order valence-electron chi connectivity index (χ0n) is 14.6. The first kappa shape index (κ1) is 12.9. The highest BCUT2D eigenvalue weighted by atomic mass is 14.9. The Labute approximate surface area is 134 Å². The van der Waals surface area contributed by atoms with Gasteiger partial charge in [-0.1, -0.05) is 39.5 Å². The number of hydrogen-bond donors (Lipinski definition) is 1. The molecular weight excluding hydrogens is 266 g/mol. The molecular formula is C21H29N. The van der Waals surface area contributed by atoms with Crippen LogP contribution in [0.2, 0.25) is 0 Å². The number of nitrogens with two attached hydrogens (primary N) is 1. The molecule has 7 fully saturated rings. The molecule has 0 amide bonds. The van der Waals surface area contributed by atoms with Gasteiger partial charge in [0.25, 0.3) is 0 Å². The number of hydrogen-bond acceptors (Lipinski definition) is 1. The maximum atomic E-state index is 7.10. The van der Waals surface area contributed by atoms with E-state index in [0.717, 1.165) is 47.3 Å². The SMILES string of the molecule is CC1C2C3C4C5C(C)C1C1(CC1(C)C#CC3C5(C)C2C)C4N. The predicted molar refractivity (Wildman–Crippen MR) is 87.4 cm³/mol. The highest BCUT2D eigenvalue weighted by Crippen LogP contribution is 2.87. The summed E-state index contributed by atoms with van der Waals surface area (Å²) < 4.78 is 0. The molecule has 7 saturated carbocycles. The lowest BCUT2D eigenvalue weighted by Crippen LogP contribution is -2.57. The monoisotopic (exact) mass is 295 g/mol. The Morgan fingerprint density at radius 2 is 1.68 bits per heavy atom. The Kier molecular flexibility index (Phi) is 1.79. The Morgan fingerprint density at radius 1 is 0.955 bits per heavy atom. The molecule has 118 valence electrons. The fraction of sp³-hybridized carbons (Fsp3) is 0.905. The Balaban J connectivity index is 1.76. The average molecular weight is 295 g/mol. The highest BCUT2D eigenvalue weighted by Gasteiger charge is 2.85. The molecule has 13 unspecified atom stereocenters. The Morgan fingerprint density at radius 3 is 2.41 bits per heavy atom. The summed E-state index contributed by atoms with van der Waals surface area (Å²) in [7, 11) is 0. The van der Waals surface area contributed by atoms with Crippen molar-refractivity contribution in [1.29, 1.82) is 0 Å². The van der Waals surface area contributed by atoms with Gasteiger partial charge in [-0.15, -0.1) is 0 Å². The second-order valence-electron chi connectivity index (χ2n) is 10.5. The molecule has 8 aliphatic carbocycles. The van der Waals surface area contributed by atoms with Crippen molar-refractivity contribution < 1.29 is 0 Å². The lowest BCUT2D eigenvalue weighted by molar-refractivity contribution is -0.0457. The van der Waals surface area contributed by atoms with E-state index in [1.807, 2.05) is 0 Å². The molecule has 13 atom stereocenters. The largest absolute Gasteiger partial charge is 0.327 e. The van der Waals surface area contributed by atoms with Crippen LogP contribution in [0.1, 0.15) is 41.0 Å². The third kappa shape index (κ3) is 0.854. The van der Waals surface area contributed by atoms with E-state index in [0.29, 0.717) is 22.8 Å². The van der Waals surface area contributed by atoms with Crippen LogP contribution in [0.25, 0.3) is 0 Å². The van der Waals surface area contributed by atoms with Crippen molar-refractivity contribution in [3.8, 4) is 11.8 Å². The van der Waals surface area contributed by atoms with Crippen LogP contribution < -0.4 is 5.73 Å². The van der Waals surface area contributed by atoms with Gasteiger partial charge in [0.15, 0.2) is 0 Å². The summed E-state index contributed by atoms with van der Waals surface area (Å²) in [6.45, 7) is 12.8. The summed E-state index contributed by atoms with van der Waals surface area (Å²) in [4.78, 5) is 0. The van der Waals surface area contributed by atoms with Crippen LogP contribution in [0.4, 0.5) is 0 Å². The van der Waals surface area contributed by atoms with Gasteiger partial charge in [-0.25, -0.2) is 0 Å². The van der Waals surface area contributed by atoms with E-state index in [-0.39, 0.29) is 5.41 Å². The van der Waals surface area contributed by atoms with Gasteiger partial charge in [-0.2, -0.15) is 0 Å². The number of rotatable bonds is 0. The highest BCUT2D eigenvalue weighted by molar-refractivity contribution is 5.43. The zero-order valence-corrected chi connectivity index (χ0v) is 14.6. The summed E-state index contributed by atoms with van der Waals surface area (Å²) in [5, 5.41) is 0. The normalized spacial score (nSPS) is 77.9. The van der Waals surface area contributed by atoms with Gasteiger partial charge < -0.3 is 5.73 Å². The molecule has 1 heteroatoms. The summed E-state index contributed by atoms with van der Waals surface area (Å²) in [6.07, 6.45) is 1.29. The van der Waals surface area contributed by atoms with Gasteiger partial charge >= 0.3 is 0 Å². The van der Waals surface area contributed by atoms with E-state index in [1.165, 1.54) is 6.42 Å². The lowest BCUT2D eigenvalue weighted by atomic mass is 9.52. The van der Waals surface area contributed by atoms with Gasteiger partial charge in [0.05, 0.1) is 0 Å². The molecule has 0 radical (unpaired) electrons. The van der Waals surface area contributed by atoms with E-state index < -0.39 is 0 Å². The smallest absolute Gasteiger partial charge is 0.0367 e. The van der Waals surface area contributed by atoms with Crippen LogP contribution in [0.5, 0.6) is 0 Å². The molecule has 0 aromatic heterocycles. The molecule has 1 spiro atoms. The standard InChI is InChI=1S/C21H29N/c1-9-13-11(3)20(5)12-6-7-19(4)8-21(19)16(9)10(2)17(20)15(14(12)13)18(21)22/h9-18H,8,22H2,1-5H3. The second kappa shape index (κ2) is 3.06. The molecule has 0 aromatic carbocycles. The molecule has 8 rings (SSSR count). The van der Waals surface area contributed by atoms with Gasteiger partial charge in [0.2, 0.25) is 0 Å². The Hall–Kier alpha value is -0.480. The maximum Gasteiger partial charge on any atom is 0.0367 e. The van der Waals surface area contributed by atoms with E-state index >= 15 is 0 Å². The fourth-order valence-electron chi connectivity index (χ4n) is 10.1. The summed E-state index contributed by atoms with van der Waals surface area (Å²) >= 11 is 0. The zero-order chi connectivity index (χ0) is 15.4. The van der Waals surface area contributed by atoms with Crippen LogP contribution in [0, 0.1) is 81.3 Å². The minimum atomic E-state index is 0.229. The van der Waals surface area contributed by atoms with Crippen molar-refractivity contribution >= 4 is 0 Å². The first-order chi connectivity index (χ1) is 10.3. The first-order valence-corrected chi connectivity index (χ1v) is 9.59. The van der Waals surface area contributed by atoms with Gasteiger partial charge in [-0.3, -0.25) is 0 Å². The molecule has 0 aromatic rings. The minimum absolute atomic E-state index is 0.229. The molecule has 2 N–H and O–H groups in total. The second-order valence-corrected chi connectivity index (χ2v) is 10.5. The van der Waals surface area contributed by atoms with Crippen molar-refractivity contribution in [2.75, 3.05) is 0 Å². The molecule has 0 heterocycles. The average Bonchev–Trinajstić information content (AvgIpc) is 2.90. The van der Waals surface area contributed by atoms with Crippen molar-refractivity contribution in [1.82, 2.24) is 0 Å². The molecule has 8 bridgehead atoms. The third-order valence-corrected chi connectivity index (χ3v) is 10.6. The lowest BCUT2D eigenvalue weighted by Gasteiger charge is -2.53. The van der Waals surface area contributed by atoms with Crippen molar-refractivity contribution in [2.45, 2.75) is 47.1 Å². The van der Waals surface area contributed by atoms with E-state index in [1.54, 1.807) is 0 Å². The van der Waals surface area contributed by atoms with Gasteiger partial charge in [-0.05, 0) is 66.1 Å². The van der Waals surface area contributed by atoms with Crippen LogP contribution in [-0.2, 0) is 0 Å². The summed E-state index contributed by atoms with van der Waals surface area (Å²) in [6, 6.07) is 0.424. The molecule has 22 heavy (non-hydrogen) atoms. The fourth-order valence-corrected chi connectivity index (χ4v) is 10.1. The summed E-state index contributed by atoms with van der Waals surface area (Å²) in [5.74, 6) is 15.0. The van der Waals surface area contributed by atoms with Gasteiger partial charge in [0, 0.05) is 22.8 Å². The first-order valence-electron chi connectivity index (χ1n) is 9.59. The predicted octanol–water partition coefficient (Wildman–Crippen LogP) is 3.39. The van der Waals surface area contributed by atoms with Crippen molar-refractivity contribution in [3.05, 3.63) is 0 Å². The van der Waals surface area contributed by atoms with E-state index in [4.69, 9.17) is 5.73 Å². The molecule has 0 aliphatic heterocycles. The minimum Gasteiger partial charge on any atom is -0.327 e. The van der Waals surface area contributed by atoms with Crippen LogP contribution in [-0.4, -0.2) is 6.04 Å². The Bertz CT molecular complexity index is 667. The van der Waals surface area contributed by atoms with Gasteiger partial charge in [0.1, 0.15) is 0 Å². The van der Waals surface area contributed by atoms with Crippen LogP contribution in [0.3, 0.4) is 0 Å². The van der Waals surface area contributed by atoms with E-state index in [9.17, 15) is 0 Å². The van der Waals surface area contributed by atoms with Crippen molar-refractivity contribution in [2.24, 2.45) is 75.2 Å².